The molecule has 3 heteroatoms. The van der Waals surface area contributed by atoms with Crippen molar-refractivity contribution >= 4 is 9.84 Å². The highest BCUT2D eigenvalue weighted by Gasteiger charge is 2.03. The molecule has 0 rings (SSSR count). The van der Waals surface area contributed by atoms with Crippen molar-refractivity contribution in [2.24, 2.45) is 0 Å². The molecule has 0 aliphatic rings. The van der Waals surface area contributed by atoms with E-state index in [0.29, 0.717) is 0 Å². The van der Waals surface area contributed by atoms with Crippen molar-refractivity contribution in [3.8, 4) is 0 Å². The maximum Gasteiger partial charge on any atom is 0.175 e. The zero-order valence-corrected chi connectivity index (χ0v) is 6.40. The second-order valence-corrected chi connectivity index (χ2v) is 3.68. The van der Waals surface area contributed by atoms with Crippen molar-refractivity contribution in [2.45, 2.75) is 6.92 Å². The molecule has 0 bridgehead atoms. The predicted molar refractivity (Wildman–Crippen MR) is 38.8 cm³/mol. The molecule has 9 heavy (non-hydrogen) atoms. The summed E-state index contributed by atoms with van der Waals surface area (Å²) in [6, 6.07) is 0. The van der Waals surface area contributed by atoms with Crippen molar-refractivity contribution < 1.29 is 8.42 Å². The molecule has 0 aromatic rings. The Morgan fingerprint density at radius 1 is 1.56 bits per heavy atom. The SMILES string of the molecule is C=CC(=CC)S(C)(=O)=O. The summed E-state index contributed by atoms with van der Waals surface area (Å²) in [6.07, 6.45) is 4.00. The van der Waals surface area contributed by atoms with Crippen LogP contribution in [-0.2, 0) is 9.84 Å². The van der Waals surface area contributed by atoms with Crippen LogP contribution in [0.5, 0.6) is 0 Å². The molecule has 0 aromatic heterocycles. The highest BCUT2D eigenvalue weighted by Crippen LogP contribution is 2.03. The van der Waals surface area contributed by atoms with Gasteiger partial charge in [-0.3, -0.25) is 0 Å². The highest BCUT2D eigenvalue weighted by molar-refractivity contribution is 7.94. The summed E-state index contributed by atoms with van der Waals surface area (Å²) in [4.78, 5) is 0.280. The molecule has 52 valence electrons. The molecule has 0 aliphatic carbocycles. The smallest absolute Gasteiger partial charge is 0.175 e. The Morgan fingerprint density at radius 3 is 2.00 bits per heavy atom. The average Bonchev–Trinajstić information content (AvgIpc) is 1.65. The topological polar surface area (TPSA) is 34.1 Å². The molecule has 0 aromatic carbocycles. The molecule has 0 saturated heterocycles. The molecule has 0 saturated carbocycles. The lowest BCUT2D eigenvalue weighted by atomic mass is 10.5. The quantitative estimate of drug-likeness (QED) is 0.547. The summed E-state index contributed by atoms with van der Waals surface area (Å²) in [7, 11) is -3.02. The Labute approximate surface area is 55.8 Å². The van der Waals surface area contributed by atoms with E-state index in [1.54, 1.807) is 6.92 Å². The number of sulfone groups is 1. The zero-order valence-electron chi connectivity index (χ0n) is 5.59. The lowest BCUT2D eigenvalue weighted by molar-refractivity contribution is 0.608. The van der Waals surface area contributed by atoms with Gasteiger partial charge < -0.3 is 0 Å². The monoisotopic (exact) mass is 146 g/mol. The third kappa shape index (κ3) is 2.46. The first-order valence-electron chi connectivity index (χ1n) is 2.51. The van der Waals surface area contributed by atoms with Crippen molar-refractivity contribution in [3.63, 3.8) is 0 Å². The second-order valence-electron chi connectivity index (χ2n) is 1.67. The summed E-state index contributed by atoms with van der Waals surface area (Å²) in [6.45, 7) is 5.02. The Bertz CT molecular complexity index is 221. The highest BCUT2D eigenvalue weighted by atomic mass is 32.2. The molecule has 0 N–H and O–H groups in total. The van der Waals surface area contributed by atoms with Gasteiger partial charge in [-0.1, -0.05) is 18.7 Å². The van der Waals surface area contributed by atoms with Gasteiger partial charge >= 0.3 is 0 Å². The van der Waals surface area contributed by atoms with Crippen LogP contribution in [0.1, 0.15) is 6.92 Å². The average molecular weight is 146 g/mol. The lowest BCUT2D eigenvalue weighted by Crippen LogP contribution is -1.96. The Kier molecular flexibility index (Phi) is 2.65. The largest absolute Gasteiger partial charge is 0.224 e. The summed E-state index contributed by atoms with van der Waals surface area (Å²) in [5.74, 6) is 0. The fourth-order valence-electron chi connectivity index (χ4n) is 0.483. The number of allylic oxidation sites excluding steroid dienone is 2. The minimum Gasteiger partial charge on any atom is -0.224 e. The van der Waals surface area contributed by atoms with E-state index >= 15 is 0 Å². The molecule has 0 atom stereocenters. The summed E-state index contributed by atoms with van der Waals surface area (Å²) in [5.41, 5.74) is 0. The Hall–Kier alpha value is -0.570. The van der Waals surface area contributed by atoms with E-state index in [1.807, 2.05) is 0 Å². The Balaban J connectivity index is 4.77. The van der Waals surface area contributed by atoms with Gasteiger partial charge in [0.15, 0.2) is 9.84 Å². The summed E-state index contributed by atoms with van der Waals surface area (Å²) in [5, 5.41) is 0. The zero-order chi connectivity index (χ0) is 7.49. The van der Waals surface area contributed by atoms with Gasteiger partial charge in [-0.15, -0.1) is 0 Å². The van der Waals surface area contributed by atoms with Gasteiger partial charge in [-0.05, 0) is 6.92 Å². The fraction of sp³-hybridized carbons (Fsp3) is 0.333. The van der Waals surface area contributed by atoms with Crippen LogP contribution in [0.25, 0.3) is 0 Å². The van der Waals surface area contributed by atoms with Gasteiger partial charge in [-0.25, -0.2) is 8.42 Å². The standard InChI is InChI=1S/C6H10O2S/c1-4-6(5-2)9(3,7)8/h4-5H,1H2,2-3H3. The molecular formula is C6H10O2S. The number of rotatable bonds is 2. The molecule has 2 nitrogen and oxygen atoms in total. The van der Waals surface area contributed by atoms with Crippen LogP contribution in [0.2, 0.25) is 0 Å². The predicted octanol–water partition coefficient (Wildman–Crippen LogP) is 1.12. The van der Waals surface area contributed by atoms with Gasteiger partial charge in [0, 0.05) is 6.26 Å². The first-order valence-corrected chi connectivity index (χ1v) is 4.40. The molecule has 0 aliphatic heterocycles. The summed E-state index contributed by atoms with van der Waals surface area (Å²) >= 11 is 0. The van der Waals surface area contributed by atoms with Crippen molar-refractivity contribution in [3.05, 3.63) is 23.6 Å². The van der Waals surface area contributed by atoms with Crippen LogP contribution in [0.4, 0.5) is 0 Å². The van der Waals surface area contributed by atoms with Gasteiger partial charge in [0.25, 0.3) is 0 Å². The van der Waals surface area contributed by atoms with Crippen LogP contribution >= 0.6 is 0 Å². The maximum absolute atomic E-state index is 10.7. The molecule has 0 amide bonds. The van der Waals surface area contributed by atoms with E-state index in [2.05, 4.69) is 6.58 Å². The van der Waals surface area contributed by atoms with E-state index in [1.165, 1.54) is 12.2 Å². The van der Waals surface area contributed by atoms with Crippen LogP contribution in [0, 0.1) is 0 Å². The number of hydrogen-bond acceptors (Lipinski definition) is 2. The first-order chi connectivity index (χ1) is 4.02. The van der Waals surface area contributed by atoms with Gasteiger partial charge in [0.05, 0.1) is 4.91 Å². The fourth-order valence-corrected chi connectivity index (χ4v) is 1.21. The molecule has 0 radical (unpaired) electrons. The molecule has 0 heterocycles. The van der Waals surface area contributed by atoms with Crippen molar-refractivity contribution in [2.75, 3.05) is 6.26 Å². The minimum atomic E-state index is -3.02. The first kappa shape index (κ1) is 8.43. The van der Waals surface area contributed by atoms with E-state index in [-0.39, 0.29) is 4.91 Å². The third-order valence-corrected chi connectivity index (χ3v) is 2.17. The molecule has 0 spiro atoms. The van der Waals surface area contributed by atoms with Crippen molar-refractivity contribution in [1.29, 1.82) is 0 Å². The van der Waals surface area contributed by atoms with Crippen LogP contribution < -0.4 is 0 Å². The van der Waals surface area contributed by atoms with E-state index < -0.39 is 9.84 Å². The van der Waals surface area contributed by atoms with Crippen LogP contribution in [0.3, 0.4) is 0 Å². The van der Waals surface area contributed by atoms with Gasteiger partial charge in [-0.2, -0.15) is 0 Å². The molecular weight excluding hydrogens is 136 g/mol. The van der Waals surface area contributed by atoms with Crippen molar-refractivity contribution in [1.82, 2.24) is 0 Å². The maximum atomic E-state index is 10.7. The van der Waals surface area contributed by atoms with E-state index in [4.69, 9.17) is 0 Å². The summed E-state index contributed by atoms with van der Waals surface area (Å²) < 4.78 is 21.3. The second kappa shape index (κ2) is 2.82. The van der Waals surface area contributed by atoms with E-state index in [9.17, 15) is 8.42 Å². The lowest BCUT2D eigenvalue weighted by Gasteiger charge is -1.93. The minimum absolute atomic E-state index is 0.280. The Morgan fingerprint density at radius 2 is 2.00 bits per heavy atom. The molecule has 0 fully saturated rings. The van der Waals surface area contributed by atoms with Crippen LogP contribution in [0.15, 0.2) is 23.6 Å². The normalized spacial score (nSPS) is 13.3. The molecule has 0 unspecified atom stereocenters. The van der Waals surface area contributed by atoms with Gasteiger partial charge in [0.2, 0.25) is 0 Å². The van der Waals surface area contributed by atoms with Crippen LogP contribution in [-0.4, -0.2) is 14.7 Å². The van der Waals surface area contributed by atoms with Gasteiger partial charge in [0.1, 0.15) is 0 Å². The number of hydrogen-bond donors (Lipinski definition) is 0. The van der Waals surface area contributed by atoms with E-state index in [0.717, 1.165) is 6.26 Å². The third-order valence-electron chi connectivity index (χ3n) is 0.914.